The molecule has 7 nitrogen and oxygen atoms in total. The summed E-state index contributed by atoms with van der Waals surface area (Å²) in [7, 11) is 0. The quantitative estimate of drug-likeness (QED) is 0.300. The molecular weight excluding hydrogens is 504 g/mol. The van der Waals surface area contributed by atoms with Crippen molar-refractivity contribution in [2.75, 3.05) is 0 Å². The van der Waals surface area contributed by atoms with Crippen LogP contribution in [0.3, 0.4) is 0 Å². The number of tetrazole rings is 1. The van der Waals surface area contributed by atoms with Crippen molar-refractivity contribution in [3.05, 3.63) is 105 Å². The summed E-state index contributed by atoms with van der Waals surface area (Å²) in [5, 5.41) is 14.3. The minimum Gasteiger partial charge on any atom is -0.292 e. The van der Waals surface area contributed by atoms with Gasteiger partial charge in [-0.05, 0) is 68.0 Å². The molecule has 0 saturated heterocycles. The summed E-state index contributed by atoms with van der Waals surface area (Å²) in [5.41, 5.74) is 7.03. The molecule has 8 heteroatoms. The van der Waals surface area contributed by atoms with Crippen LogP contribution >= 0.6 is 15.9 Å². The van der Waals surface area contributed by atoms with Crippen molar-refractivity contribution in [2.45, 2.75) is 33.2 Å². The van der Waals surface area contributed by atoms with Gasteiger partial charge in [-0.15, -0.1) is 5.10 Å². The number of rotatable bonds is 7. The van der Waals surface area contributed by atoms with Crippen molar-refractivity contribution in [3.8, 4) is 28.2 Å². The Kier molecular flexibility index (Phi) is 6.46. The first-order chi connectivity index (χ1) is 17.1. The van der Waals surface area contributed by atoms with Gasteiger partial charge in [-0.1, -0.05) is 74.0 Å². The van der Waals surface area contributed by atoms with E-state index in [-0.39, 0.29) is 5.69 Å². The van der Waals surface area contributed by atoms with Crippen molar-refractivity contribution < 1.29 is 0 Å². The third kappa shape index (κ3) is 4.49. The molecule has 0 unspecified atom stereocenters. The zero-order valence-electron chi connectivity index (χ0n) is 19.6. The minimum atomic E-state index is -0.0318. The van der Waals surface area contributed by atoms with E-state index in [4.69, 9.17) is 0 Å². The molecule has 5 rings (SSSR count). The Labute approximate surface area is 211 Å². The number of benzene rings is 3. The van der Waals surface area contributed by atoms with Crippen LogP contribution in [-0.4, -0.2) is 29.8 Å². The second-order valence-electron chi connectivity index (χ2n) is 8.51. The van der Waals surface area contributed by atoms with E-state index in [1.807, 2.05) is 54.1 Å². The molecule has 3 aromatic carbocycles. The lowest BCUT2D eigenvalue weighted by molar-refractivity contribution is 0.691. The van der Waals surface area contributed by atoms with Gasteiger partial charge < -0.3 is 0 Å². The Morgan fingerprint density at radius 3 is 2.43 bits per heavy atom. The van der Waals surface area contributed by atoms with E-state index in [1.165, 1.54) is 0 Å². The largest absolute Gasteiger partial charge is 0.333 e. The smallest absolute Gasteiger partial charge is 0.292 e. The molecule has 0 aliphatic rings. The number of aryl methyl sites for hydroxylation is 2. The van der Waals surface area contributed by atoms with Crippen LogP contribution in [0, 0.1) is 6.92 Å². The van der Waals surface area contributed by atoms with Crippen LogP contribution in [0.25, 0.3) is 28.2 Å². The molecule has 0 saturated carbocycles. The number of imidazole rings is 1. The average molecular weight is 529 g/mol. The molecule has 2 heterocycles. The van der Waals surface area contributed by atoms with Gasteiger partial charge in [0.05, 0.1) is 12.2 Å². The second-order valence-corrected chi connectivity index (χ2v) is 9.36. The van der Waals surface area contributed by atoms with Gasteiger partial charge in [0.2, 0.25) is 0 Å². The minimum absolute atomic E-state index is 0.0318. The molecule has 0 atom stereocenters. The van der Waals surface area contributed by atoms with Gasteiger partial charge in [0, 0.05) is 21.9 Å². The monoisotopic (exact) mass is 528 g/mol. The van der Waals surface area contributed by atoms with Crippen molar-refractivity contribution in [1.29, 1.82) is 0 Å². The Morgan fingerprint density at radius 2 is 1.74 bits per heavy atom. The van der Waals surface area contributed by atoms with Crippen LogP contribution in [0.15, 0.2) is 82.2 Å². The molecule has 0 aliphatic heterocycles. The average Bonchev–Trinajstić information content (AvgIpc) is 3.50. The van der Waals surface area contributed by atoms with Crippen molar-refractivity contribution in [3.63, 3.8) is 0 Å². The van der Waals surface area contributed by atoms with Gasteiger partial charge in [0.15, 0.2) is 5.82 Å². The van der Waals surface area contributed by atoms with Gasteiger partial charge in [-0.3, -0.25) is 9.13 Å². The van der Waals surface area contributed by atoms with E-state index < -0.39 is 0 Å². The van der Waals surface area contributed by atoms with Crippen LogP contribution in [0.2, 0.25) is 0 Å². The molecule has 0 amide bonds. The van der Waals surface area contributed by atoms with Crippen LogP contribution in [0.5, 0.6) is 0 Å². The Hall–Kier alpha value is -3.78. The van der Waals surface area contributed by atoms with E-state index >= 15 is 0 Å². The number of H-pyrrole nitrogens is 1. The highest BCUT2D eigenvalue weighted by atomic mass is 79.9. The van der Waals surface area contributed by atoms with Gasteiger partial charge in [0.1, 0.15) is 0 Å². The fraction of sp³-hybridized carbons (Fsp3) is 0.185. The molecule has 2 aromatic heterocycles. The lowest BCUT2D eigenvalue weighted by Crippen LogP contribution is -2.25. The first-order valence-electron chi connectivity index (χ1n) is 11.6. The third-order valence-electron chi connectivity index (χ3n) is 6.13. The lowest BCUT2D eigenvalue weighted by Gasteiger charge is -2.10. The number of hydrogen-bond donors (Lipinski definition) is 1. The summed E-state index contributed by atoms with van der Waals surface area (Å²) in [5.74, 6) is 0.629. The van der Waals surface area contributed by atoms with Gasteiger partial charge in [-0.25, -0.2) is 9.89 Å². The SMILES string of the molecule is CCCc1cn(-c2c(C)cccc2Br)c(=O)n1Cc1ccc(-c2ccccc2-c2nnn[nH]2)cc1. The number of aromatic amines is 1. The van der Waals surface area contributed by atoms with Crippen LogP contribution < -0.4 is 5.69 Å². The first kappa shape index (κ1) is 23.0. The molecule has 5 aromatic rings. The molecular formula is C27H25BrN6O. The molecule has 0 radical (unpaired) electrons. The predicted octanol–water partition coefficient (Wildman–Crippen LogP) is 5.56. The molecule has 35 heavy (non-hydrogen) atoms. The fourth-order valence-electron chi connectivity index (χ4n) is 4.43. The van der Waals surface area contributed by atoms with Crippen molar-refractivity contribution >= 4 is 15.9 Å². The summed E-state index contributed by atoms with van der Waals surface area (Å²) >= 11 is 3.62. The highest BCUT2D eigenvalue weighted by molar-refractivity contribution is 9.10. The number of halogens is 1. The molecule has 0 fully saturated rings. The Bertz CT molecular complexity index is 1500. The summed E-state index contributed by atoms with van der Waals surface area (Å²) in [6.07, 6.45) is 3.78. The Morgan fingerprint density at radius 1 is 0.971 bits per heavy atom. The zero-order chi connectivity index (χ0) is 24.4. The zero-order valence-corrected chi connectivity index (χ0v) is 21.2. The standard InChI is InChI=1S/C27H25BrN6O/c1-3-7-21-17-34(25-18(2)8-6-11-24(25)28)27(35)33(21)16-19-12-14-20(15-13-19)22-9-4-5-10-23(22)26-29-31-32-30-26/h4-6,8-15,17H,3,7,16H2,1-2H3,(H,29,30,31,32). The predicted molar refractivity (Wildman–Crippen MR) is 141 cm³/mol. The maximum atomic E-state index is 13.5. The summed E-state index contributed by atoms with van der Waals surface area (Å²) in [6, 6.07) is 22.3. The maximum Gasteiger partial charge on any atom is 0.333 e. The fourth-order valence-corrected chi connectivity index (χ4v) is 5.08. The third-order valence-corrected chi connectivity index (χ3v) is 6.77. The number of nitrogens with zero attached hydrogens (tertiary/aromatic N) is 5. The highest BCUT2D eigenvalue weighted by Crippen LogP contribution is 2.30. The number of aromatic nitrogens is 6. The van der Waals surface area contributed by atoms with Crippen LogP contribution in [0.4, 0.5) is 0 Å². The summed E-state index contributed by atoms with van der Waals surface area (Å²) < 4.78 is 4.55. The normalized spacial score (nSPS) is 11.2. The van der Waals surface area contributed by atoms with E-state index in [0.29, 0.717) is 12.4 Å². The van der Waals surface area contributed by atoms with Crippen molar-refractivity contribution in [2.24, 2.45) is 0 Å². The van der Waals surface area contributed by atoms with E-state index in [0.717, 1.165) is 56.5 Å². The molecule has 1 N–H and O–H groups in total. The molecule has 176 valence electrons. The van der Waals surface area contributed by atoms with Gasteiger partial charge >= 0.3 is 5.69 Å². The number of para-hydroxylation sites is 1. The van der Waals surface area contributed by atoms with Gasteiger partial charge in [-0.2, -0.15) is 0 Å². The first-order valence-corrected chi connectivity index (χ1v) is 12.3. The number of nitrogens with one attached hydrogen (secondary N) is 1. The molecule has 0 aliphatic carbocycles. The number of hydrogen-bond acceptors (Lipinski definition) is 4. The van der Waals surface area contributed by atoms with Crippen LogP contribution in [0.1, 0.15) is 30.2 Å². The van der Waals surface area contributed by atoms with Crippen LogP contribution in [-0.2, 0) is 13.0 Å². The van der Waals surface area contributed by atoms with E-state index in [2.05, 4.69) is 73.8 Å². The second kappa shape index (κ2) is 9.84. The van der Waals surface area contributed by atoms with Crippen molar-refractivity contribution in [1.82, 2.24) is 29.8 Å². The van der Waals surface area contributed by atoms with Gasteiger partial charge in [0.25, 0.3) is 0 Å². The molecule has 0 bridgehead atoms. The topological polar surface area (TPSA) is 81.4 Å². The highest BCUT2D eigenvalue weighted by Gasteiger charge is 2.16. The van der Waals surface area contributed by atoms with E-state index in [1.54, 1.807) is 4.57 Å². The summed E-state index contributed by atoms with van der Waals surface area (Å²) in [4.78, 5) is 13.5. The van der Waals surface area contributed by atoms with E-state index in [9.17, 15) is 4.79 Å². The maximum absolute atomic E-state index is 13.5. The lowest BCUT2D eigenvalue weighted by atomic mass is 9.98. The molecule has 0 spiro atoms. The Balaban J connectivity index is 1.49. The summed E-state index contributed by atoms with van der Waals surface area (Å²) in [6.45, 7) is 4.67.